The van der Waals surface area contributed by atoms with Crippen molar-refractivity contribution in [2.24, 2.45) is 5.92 Å². The average molecular weight is 212 g/mol. The topological polar surface area (TPSA) is 81.3 Å². The SMILES string of the molecule is CC(C)COC(=O)Oc1ccc(=O)[nH]n1. The maximum absolute atomic E-state index is 11.0. The maximum atomic E-state index is 11.0. The van der Waals surface area contributed by atoms with Gasteiger partial charge in [-0.2, -0.15) is 0 Å². The van der Waals surface area contributed by atoms with Crippen LogP contribution in [-0.4, -0.2) is 23.0 Å². The van der Waals surface area contributed by atoms with E-state index in [9.17, 15) is 9.59 Å². The fourth-order valence-corrected chi connectivity index (χ4v) is 0.738. The van der Waals surface area contributed by atoms with Crippen LogP contribution in [0.5, 0.6) is 5.88 Å². The van der Waals surface area contributed by atoms with E-state index in [1.807, 2.05) is 13.8 Å². The second-order valence-electron chi connectivity index (χ2n) is 3.32. The van der Waals surface area contributed by atoms with Crippen molar-refractivity contribution in [1.29, 1.82) is 0 Å². The normalized spacial score (nSPS) is 10.1. The van der Waals surface area contributed by atoms with Gasteiger partial charge in [-0.25, -0.2) is 9.89 Å². The second-order valence-corrected chi connectivity index (χ2v) is 3.32. The third kappa shape index (κ3) is 4.26. The van der Waals surface area contributed by atoms with Crippen molar-refractivity contribution in [3.8, 4) is 5.88 Å². The van der Waals surface area contributed by atoms with Crippen molar-refractivity contribution in [3.63, 3.8) is 0 Å². The standard InChI is InChI=1S/C9H12N2O4/c1-6(2)5-14-9(13)15-8-4-3-7(12)10-11-8/h3-4,6H,5H2,1-2H3,(H,10,12). The molecule has 0 unspecified atom stereocenters. The van der Waals surface area contributed by atoms with Gasteiger partial charge in [0, 0.05) is 12.1 Å². The summed E-state index contributed by atoms with van der Waals surface area (Å²) in [6.45, 7) is 4.10. The highest BCUT2D eigenvalue weighted by Gasteiger charge is 2.07. The second kappa shape index (κ2) is 5.14. The van der Waals surface area contributed by atoms with Gasteiger partial charge in [0.25, 0.3) is 5.56 Å². The molecule has 15 heavy (non-hydrogen) atoms. The summed E-state index contributed by atoms with van der Waals surface area (Å²) in [5.41, 5.74) is -0.363. The molecule has 6 heteroatoms. The van der Waals surface area contributed by atoms with Crippen molar-refractivity contribution < 1.29 is 14.3 Å². The molecule has 0 aliphatic rings. The molecule has 0 saturated heterocycles. The first kappa shape index (κ1) is 11.2. The molecule has 0 fully saturated rings. The van der Waals surface area contributed by atoms with Crippen LogP contribution in [0.1, 0.15) is 13.8 Å². The first-order chi connectivity index (χ1) is 7.08. The number of carbonyl (C=O) groups excluding carboxylic acids is 1. The van der Waals surface area contributed by atoms with Crippen LogP contribution in [0.2, 0.25) is 0 Å². The lowest BCUT2D eigenvalue weighted by molar-refractivity contribution is 0.0867. The van der Waals surface area contributed by atoms with Crippen LogP contribution in [0.15, 0.2) is 16.9 Å². The Hall–Kier alpha value is -1.85. The molecule has 0 bridgehead atoms. The molecule has 0 aromatic carbocycles. The summed E-state index contributed by atoms with van der Waals surface area (Å²) in [4.78, 5) is 21.7. The minimum absolute atomic E-state index is 0.00311. The lowest BCUT2D eigenvalue weighted by Gasteiger charge is -2.06. The third-order valence-corrected chi connectivity index (χ3v) is 1.38. The largest absolute Gasteiger partial charge is 0.515 e. The predicted octanol–water partition coefficient (Wildman–Crippen LogP) is 0.941. The smallest absolute Gasteiger partial charge is 0.434 e. The Bertz CT molecular complexity index is 365. The first-order valence-electron chi connectivity index (χ1n) is 4.48. The van der Waals surface area contributed by atoms with E-state index in [0.29, 0.717) is 0 Å². The van der Waals surface area contributed by atoms with Gasteiger partial charge in [0.1, 0.15) is 0 Å². The van der Waals surface area contributed by atoms with Crippen LogP contribution in [0, 0.1) is 5.92 Å². The van der Waals surface area contributed by atoms with Crippen LogP contribution in [-0.2, 0) is 4.74 Å². The van der Waals surface area contributed by atoms with E-state index in [4.69, 9.17) is 4.74 Å². The highest BCUT2D eigenvalue weighted by Crippen LogP contribution is 2.02. The molecule has 0 saturated carbocycles. The predicted molar refractivity (Wildman–Crippen MR) is 51.7 cm³/mol. The molecule has 0 aliphatic carbocycles. The van der Waals surface area contributed by atoms with E-state index in [1.54, 1.807) is 0 Å². The number of rotatable bonds is 3. The van der Waals surface area contributed by atoms with E-state index in [2.05, 4.69) is 14.9 Å². The van der Waals surface area contributed by atoms with Crippen LogP contribution in [0.25, 0.3) is 0 Å². The quantitative estimate of drug-likeness (QED) is 0.754. The number of hydrogen-bond donors (Lipinski definition) is 1. The summed E-state index contributed by atoms with van der Waals surface area (Å²) in [6.07, 6.45) is -0.830. The fourth-order valence-electron chi connectivity index (χ4n) is 0.738. The van der Waals surface area contributed by atoms with Gasteiger partial charge in [-0.1, -0.05) is 13.8 Å². The zero-order chi connectivity index (χ0) is 11.3. The lowest BCUT2D eigenvalue weighted by Crippen LogP contribution is -2.16. The van der Waals surface area contributed by atoms with Gasteiger partial charge in [0.15, 0.2) is 0 Å². The molecule has 0 atom stereocenters. The number of aromatic nitrogens is 2. The number of aromatic amines is 1. The molecular formula is C9H12N2O4. The zero-order valence-electron chi connectivity index (χ0n) is 8.52. The molecule has 1 aromatic rings. The van der Waals surface area contributed by atoms with Crippen molar-refractivity contribution in [2.45, 2.75) is 13.8 Å². The molecule has 1 heterocycles. The van der Waals surface area contributed by atoms with Gasteiger partial charge >= 0.3 is 6.16 Å². The Kier molecular flexibility index (Phi) is 3.84. The van der Waals surface area contributed by atoms with E-state index in [1.165, 1.54) is 12.1 Å². The molecule has 0 amide bonds. The Balaban J connectivity index is 2.44. The summed E-state index contributed by atoms with van der Waals surface area (Å²) in [5, 5.41) is 5.62. The molecule has 1 rings (SSSR count). The monoisotopic (exact) mass is 212 g/mol. The van der Waals surface area contributed by atoms with Crippen molar-refractivity contribution in [2.75, 3.05) is 6.61 Å². The summed E-state index contributed by atoms with van der Waals surface area (Å²) >= 11 is 0. The van der Waals surface area contributed by atoms with Crippen molar-refractivity contribution in [3.05, 3.63) is 22.5 Å². The third-order valence-electron chi connectivity index (χ3n) is 1.38. The highest BCUT2D eigenvalue weighted by atomic mass is 16.7. The zero-order valence-corrected chi connectivity index (χ0v) is 8.52. The molecule has 0 aliphatic heterocycles. The number of nitrogens with one attached hydrogen (secondary N) is 1. The van der Waals surface area contributed by atoms with E-state index in [0.717, 1.165) is 0 Å². The lowest BCUT2D eigenvalue weighted by atomic mass is 10.2. The summed E-state index contributed by atoms with van der Waals surface area (Å²) in [7, 11) is 0. The Labute approximate surface area is 86.2 Å². The highest BCUT2D eigenvalue weighted by molar-refractivity contribution is 5.62. The van der Waals surface area contributed by atoms with Gasteiger partial charge in [0.05, 0.1) is 6.61 Å². The molecule has 6 nitrogen and oxygen atoms in total. The van der Waals surface area contributed by atoms with Gasteiger partial charge in [-0.15, -0.1) is 5.10 Å². The van der Waals surface area contributed by atoms with Gasteiger partial charge in [-0.3, -0.25) is 4.79 Å². The molecule has 0 radical (unpaired) electrons. The Morgan fingerprint density at radius 3 is 2.80 bits per heavy atom. The summed E-state index contributed by atoms with van der Waals surface area (Å²) < 4.78 is 9.42. The molecular weight excluding hydrogens is 200 g/mol. The minimum atomic E-state index is -0.830. The van der Waals surface area contributed by atoms with Gasteiger partial charge in [0.2, 0.25) is 5.88 Å². The molecule has 0 spiro atoms. The number of H-pyrrole nitrogens is 1. The van der Waals surface area contributed by atoms with E-state index in [-0.39, 0.29) is 24.0 Å². The average Bonchev–Trinajstić information content (AvgIpc) is 2.19. The maximum Gasteiger partial charge on any atom is 0.515 e. The Morgan fingerprint density at radius 2 is 2.27 bits per heavy atom. The Morgan fingerprint density at radius 1 is 1.53 bits per heavy atom. The number of hydrogen-bond acceptors (Lipinski definition) is 5. The molecule has 1 aromatic heterocycles. The molecule has 82 valence electrons. The van der Waals surface area contributed by atoms with Crippen LogP contribution >= 0.6 is 0 Å². The van der Waals surface area contributed by atoms with Gasteiger partial charge < -0.3 is 9.47 Å². The number of nitrogens with zero attached hydrogens (tertiary/aromatic N) is 1. The van der Waals surface area contributed by atoms with Crippen molar-refractivity contribution >= 4 is 6.16 Å². The fraction of sp³-hybridized carbons (Fsp3) is 0.444. The van der Waals surface area contributed by atoms with Crippen molar-refractivity contribution in [1.82, 2.24) is 10.2 Å². The number of ether oxygens (including phenoxy) is 2. The van der Waals surface area contributed by atoms with Crippen LogP contribution < -0.4 is 10.3 Å². The van der Waals surface area contributed by atoms with Crippen LogP contribution in [0.3, 0.4) is 0 Å². The molecule has 1 N–H and O–H groups in total. The minimum Gasteiger partial charge on any atom is -0.434 e. The van der Waals surface area contributed by atoms with E-state index >= 15 is 0 Å². The van der Waals surface area contributed by atoms with E-state index < -0.39 is 6.16 Å². The summed E-state index contributed by atoms with van der Waals surface area (Å²) in [6, 6.07) is 2.49. The van der Waals surface area contributed by atoms with Gasteiger partial charge in [-0.05, 0) is 5.92 Å². The summed E-state index contributed by atoms with van der Waals surface area (Å²) in [5.74, 6) is 0.240. The first-order valence-corrected chi connectivity index (χ1v) is 4.48. The van der Waals surface area contributed by atoms with Crippen LogP contribution in [0.4, 0.5) is 4.79 Å². The number of carbonyl (C=O) groups is 1.